The van der Waals surface area contributed by atoms with Gasteiger partial charge in [-0.3, -0.25) is 9.58 Å². The average Bonchev–Trinajstić information content (AvgIpc) is 2.51. The van der Waals surface area contributed by atoms with Crippen LogP contribution in [0.3, 0.4) is 0 Å². The Bertz CT molecular complexity index is 334. The lowest BCUT2D eigenvalue weighted by Gasteiger charge is -2.25. The molecule has 1 heterocycles. The first kappa shape index (κ1) is 12.1. The van der Waals surface area contributed by atoms with Gasteiger partial charge in [-0.15, -0.1) is 0 Å². The molecule has 15 heavy (non-hydrogen) atoms. The lowest BCUT2D eigenvalue weighted by molar-refractivity contribution is 0.284. The molecule has 1 unspecified atom stereocenters. The summed E-state index contributed by atoms with van der Waals surface area (Å²) in [7, 11) is 3.94. The molecule has 1 atom stereocenters. The van der Waals surface area contributed by atoms with E-state index in [1.54, 1.807) is 4.68 Å². The molecule has 4 nitrogen and oxygen atoms in total. The van der Waals surface area contributed by atoms with Crippen molar-refractivity contribution in [2.75, 3.05) is 7.05 Å². The largest absolute Gasteiger partial charge is 0.392 e. The van der Waals surface area contributed by atoms with Crippen LogP contribution in [-0.4, -0.2) is 32.8 Å². The molecule has 0 aliphatic heterocycles. The fourth-order valence-electron chi connectivity index (χ4n) is 1.68. The molecule has 0 aromatic carbocycles. The number of hydrogen-bond acceptors (Lipinski definition) is 3. The van der Waals surface area contributed by atoms with Gasteiger partial charge in [0.25, 0.3) is 0 Å². The number of hydrogen-bond donors (Lipinski definition) is 1. The van der Waals surface area contributed by atoms with Gasteiger partial charge in [0, 0.05) is 25.4 Å². The SMILES string of the molecule is CCC(C(N)=S)N(C)Cc1cnn(C)c1. The van der Waals surface area contributed by atoms with Crippen molar-refractivity contribution in [3.8, 4) is 0 Å². The van der Waals surface area contributed by atoms with Crippen molar-refractivity contribution in [3.63, 3.8) is 0 Å². The van der Waals surface area contributed by atoms with Crippen LogP contribution in [-0.2, 0) is 13.6 Å². The molecule has 0 saturated heterocycles. The molecule has 1 aromatic rings. The molecule has 0 saturated carbocycles. The van der Waals surface area contributed by atoms with Crippen LogP contribution in [0.2, 0.25) is 0 Å². The maximum absolute atomic E-state index is 5.68. The minimum Gasteiger partial charge on any atom is -0.392 e. The van der Waals surface area contributed by atoms with Crippen molar-refractivity contribution in [1.82, 2.24) is 14.7 Å². The van der Waals surface area contributed by atoms with Crippen LogP contribution in [0.15, 0.2) is 12.4 Å². The van der Waals surface area contributed by atoms with E-state index in [9.17, 15) is 0 Å². The fourth-order valence-corrected chi connectivity index (χ4v) is 2.03. The summed E-state index contributed by atoms with van der Waals surface area (Å²) >= 11 is 5.03. The smallest absolute Gasteiger partial charge is 0.0901 e. The van der Waals surface area contributed by atoms with Crippen LogP contribution < -0.4 is 5.73 Å². The predicted octanol–water partition coefficient (Wildman–Crippen LogP) is 0.917. The summed E-state index contributed by atoms with van der Waals surface area (Å²) in [5, 5.41) is 4.13. The summed E-state index contributed by atoms with van der Waals surface area (Å²) in [6, 6.07) is 0.167. The van der Waals surface area contributed by atoms with Crippen LogP contribution in [0, 0.1) is 0 Å². The minimum atomic E-state index is 0.167. The Balaban J connectivity index is 2.61. The molecule has 0 bridgehead atoms. The molecule has 0 spiro atoms. The highest BCUT2D eigenvalue weighted by atomic mass is 32.1. The topological polar surface area (TPSA) is 47.1 Å². The molecule has 5 heteroatoms. The molecule has 0 radical (unpaired) electrons. The highest BCUT2D eigenvalue weighted by Crippen LogP contribution is 2.08. The quantitative estimate of drug-likeness (QED) is 0.758. The summed E-state index contributed by atoms with van der Waals surface area (Å²) in [4.78, 5) is 2.71. The van der Waals surface area contributed by atoms with Gasteiger partial charge in [-0.25, -0.2) is 0 Å². The molecule has 0 amide bonds. The van der Waals surface area contributed by atoms with Gasteiger partial charge in [-0.05, 0) is 13.5 Å². The third-order valence-electron chi connectivity index (χ3n) is 2.44. The van der Waals surface area contributed by atoms with E-state index in [1.807, 2.05) is 26.5 Å². The van der Waals surface area contributed by atoms with Gasteiger partial charge >= 0.3 is 0 Å². The molecular formula is C10H18N4S. The Hall–Kier alpha value is -0.940. The number of aromatic nitrogens is 2. The second kappa shape index (κ2) is 5.23. The van der Waals surface area contributed by atoms with E-state index in [0.29, 0.717) is 4.99 Å². The Morgan fingerprint density at radius 3 is 2.80 bits per heavy atom. The van der Waals surface area contributed by atoms with E-state index < -0.39 is 0 Å². The number of nitrogens with zero attached hydrogens (tertiary/aromatic N) is 3. The first-order chi connectivity index (χ1) is 7.04. The number of rotatable bonds is 5. The number of aryl methyl sites for hydroxylation is 1. The molecule has 84 valence electrons. The van der Waals surface area contributed by atoms with Gasteiger partial charge < -0.3 is 5.73 Å². The van der Waals surface area contributed by atoms with E-state index in [2.05, 4.69) is 16.9 Å². The van der Waals surface area contributed by atoms with Gasteiger partial charge in [0.2, 0.25) is 0 Å². The standard InChI is InChI=1S/C10H18N4S/c1-4-9(10(11)15)13(2)6-8-5-12-14(3)7-8/h5,7,9H,4,6H2,1-3H3,(H2,11,15). The Kier molecular flexibility index (Phi) is 4.23. The molecule has 1 aromatic heterocycles. The lowest BCUT2D eigenvalue weighted by atomic mass is 10.2. The molecular weight excluding hydrogens is 208 g/mol. The van der Waals surface area contributed by atoms with Gasteiger partial charge in [0.1, 0.15) is 0 Å². The van der Waals surface area contributed by atoms with E-state index in [0.717, 1.165) is 13.0 Å². The van der Waals surface area contributed by atoms with Crippen molar-refractivity contribution in [2.45, 2.75) is 25.9 Å². The van der Waals surface area contributed by atoms with E-state index in [4.69, 9.17) is 18.0 Å². The summed E-state index contributed by atoms with van der Waals surface area (Å²) in [5.74, 6) is 0. The van der Waals surface area contributed by atoms with Crippen LogP contribution in [0.1, 0.15) is 18.9 Å². The molecule has 2 N–H and O–H groups in total. The Labute approximate surface area is 96.1 Å². The maximum Gasteiger partial charge on any atom is 0.0901 e. The third-order valence-corrected chi connectivity index (χ3v) is 2.71. The van der Waals surface area contributed by atoms with Crippen LogP contribution in [0.5, 0.6) is 0 Å². The van der Waals surface area contributed by atoms with Gasteiger partial charge in [0.15, 0.2) is 0 Å². The Morgan fingerprint density at radius 2 is 2.40 bits per heavy atom. The zero-order valence-corrected chi connectivity index (χ0v) is 10.3. The number of likely N-dealkylation sites (N-methyl/N-ethyl adjacent to an activating group) is 1. The average molecular weight is 226 g/mol. The number of thiocarbonyl (C=S) groups is 1. The Morgan fingerprint density at radius 1 is 1.73 bits per heavy atom. The monoisotopic (exact) mass is 226 g/mol. The summed E-state index contributed by atoms with van der Waals surface area (Å²) in [6.45, 7) is 2.91. The van der Waals surface area contributed by atoms with Crippen molar-refractivity contribution in [1.29, 1.82) is 0 Å². The number of nitrogens with two attached hydrogens (primary N) is 1. The van der Waals surface area contributed by atoms with Gasteiger partial charge in [0.05, 0.1) is 17.2 Å². The first-order valence-corrected chi connectivity index (χ1v) is 5.42. The highest BCUT2D eigenvalue weighted by Gasteiger charge is 2.15. The van der Waals surface area contributed by atoms with E-state index in [1.165, 1.54) is 5.56 Å². The summed E-state index contributed by atoms with van der Waals surface area (Å²) < 4.78 is 1.80. The second-order valence-corrected chi connectivity index (χ2v) is 4.24. The van der Waals surface area contributed by atoms with Crippen molar-refractivity contribution >= 4 is 17.2 Å². The fraction of sp³-hybridized carbons (Fsp3) is 0.600. The molecule has 0 aliphatic carbocycles. The van der Waals surface area contributed by atoms with E-state index in [-0.39, 0.29) is 6.04 Å². The second-order valence-electron chi connectivity index (χ2n) is 3.76. The maximum atomic E-state index is 5.68. The zero-order valence-electron chi connectivity index (χ0n) is 9.47. The van der Waals surface area contributed by atoms with Crippen molar-refractivity contribution in [2.24, 2.45) is 12.8 Å². The van der Waals surface area contributed by atoms with Crippen LogP contribution >= 0.6 is 12.2 Å². The minimum absolute atomic E-state index is 0.167. The predicted molar refractivity (Wildman–Crippen MR) is 65.5 cm³/mol. The normalized spacial score (nSPS) is 13.1. The zero-order chi connectivity index (χ0) is 11.4. The molecule has 0 aliphatic rings. The summed E-state index contributed by atoms with van der Waals surface area (Å²) in [6.07, 6.45) is 4.80. The van der Waals surface area contributed by atoms with Crippen molar-refractivity contribution in [3.05, 3.63) is 18.0 Å². The van der Waals surface area contributed by atoms with Crippen LogP contribution in [0.25, 0.3) is 0 Å². The highest BCUT2D eigenvalue weighted by molar-refractivity contribution is 7.80. The van der Waals surface area contributed by atoms with Gasteiger partial charge in [-0.2, -0.15) is 5.10 Å². The van der Waals surface area contributed by atoms with E-state index >= 15 is 0 Å². The third kappa shape index (κ3) is 3.28. The summed E-state index contributed by atoms with van der Waals surface area (Å²) in [5.41, 5.74) is 6.85. The molecule has 1 rings (SSSR count). The lowest BCUT2D eigenvalue weighted by Crippen LogP contribution is -2.40. The first-order valence-electron chi connectivity index (χ1n) is 5.01. The van der Waals surface area contributed by atoms with Gasteiger partial charge in [-0.1, -0.05) is 19.1 Å². The van der Waals surface area contributed by atoms with Crippen molar-refractivity contribution < 1.29 is 0 Å². The van der Waals surface area contributed by atoms with Crippen LogP contribution in [0.4, 0.5) is 0 Å². The molecule has 0 fully saturated rings.